The van der Waals surface area contributed by atoms with Gasteiger partial charge in [-0.1, -0.05) is 30.7 Å². The number of thioether (sulfide) groups is 1. The number of anilines is 1. The minimum Gasteiger partial charge on any atom is -0.306 e. The smallest absolute Gasteiger partial charge is 0.306 e. The van der Waals surface area contributed by atoms with Crippen molar-refractivity contribution in [2.45, 2.75) is 57.9 Å². The van der Waals surface area contributed by atoms with Crippen LogP contribution in [0, 0.1) is 25.6 Å². The van der Waals surface area contributed by atoms with Gasteiger partial charge in [-0.05, 0) is 79.3 Å². The maximum Gasteiger partial charge on any atom is 0.332 e. The van der Waals surface area contributed by atoms with Gasteiger partial charge in [0.25, 0.3) is 0 Å². The summed E-state index contributed by atoms with van der Waals surface area (Å²) >= 11 is 1.65. The number of fused-ring (bicyclic) bond motifs is 2. The van der Waals surface area contributed by atoms with E-state index >= 15 is 0 Å². The first kappa shape index (κ1) is 21.3. The van der Waals surface area contributed by atoms with Crippen molar-refractivity contribution in [3.63, 3.8) is 0 Å². The predicted molar refractivity (Wildman–Crippen MR) is 126 cm³/mol. The molecule has 0 spiro atoms. The number of halogens is 1. The van der Waals surface area contributed by atoms with Gasteiger partial charge in [-0.15, -0.1) is 11.8 Å². The van der Waals surface area contributed by atoms with Crippen molar-refractivity contribution in [3.8, 4) is 0 Å². The van der Waals surface area contributed by atoms with E-state index in [4.69, 9.17) is 0 Å². The number of allylic oxidation sites excluding steroid dienone is 1. The van der Waals surface area contributed by atoms with Gasteiger partial charge in [0.1, 0.15) is 5.82 Å². The molecule has 0 bridgehead atoms. The van der Waals surface area contributed by atoms with Crippen molar-refractivity contribution in [2.75, 3.05) is 4.90 Å². The summed E-state index contributed by atoms with van der Waals surface area (Å²) in [6.45, 7) is 4.14. The maximum absolute atomic E-state index is 14.5. The Balaban J connectivity index is 1.58. The molecule has 6 heteroatoms. The molecular weight excluding hydrogens is 423 g/mol. The van der Waals surface area contributed by atoms with Crippen molar-refractivity contribution in [1.29, 1.82) is 0 Å². The predicted octanol–water partition coefficient (Wildman–Crippen LogP) is 6.32. The van der Waals surface area contributed by atoms with E-state index < -0.39 is 0 Å². The molecule has 2 heterocycles. The van der Waals surface area contributed by atoms with Crippen molar-refractivity contribution in [2.24, 2.45) is 5.92 Å². The second-order valence-corrected chi connectivity index (χ2v) is 10.2. The first-order valence-electron chi connectivity index (χ1n) is 11.3. The molecule has 2 aliphatic heterocycles. The summed E-state index contributed by atoms with van der Waals surface area (Å²) in [6, 6.07) is 11.9. The number of carbonyl (C=O) groups excluding carboxylic acids is 2. The largest absolute Gasteiger partial charge is 0.332 e. The van der Waals surface area contributed by atoms with Crippen LogP contribution in [-0.4, -0.2) is 22.2 Å². The van der Waals surface area contributed by atoms with E-state index in [-0.39, 0.29) is 35.6 Å². The number of amides is 3. The zero-order chi connectivity index (χ0) is 22.4. The molecule has 0 radical (unpaired) electrons. The second-order valence-electron chi connectivity index (χ2n) is 8.94. The van der Waals surface area contributed by atoms with Gasteiger partial charge >= 0.3 is 6.03 Å². The maximum atomic E-state index is 14.5. The third-order valence-corrected chi connectivity index (χ3v) is 8.43. The average molecular weight is 451 g/mol. The van der Waals surface area contributed by atoms with E-state index in [0.717, 1.165) is 43.2 Å². The van der Waals surface area contributed by atoms with Crippen LogP contribution in [0.25, 0.3) is 0 Å². The Morgan fingerprint density at radius 1 is 1.00 bits per heavy atom. The number of nitrogens with zero attached hydrogens (tertiary/aromatic N) is 2. The summed E-state index contributed by atoms with van der Waals surface area (Å²) in [6.07, 6.45) is 5.21. The van der Waals surface area contributed by atoms with Crippen LogP contribution in [0.15, 0.2) is 52.9 Å². The molecule has 3 aliphatic rings. The number of benzene rings is 2. The molecule has 166 valence electrons. The normalized spacial score (nSPS) is 23.3. The number of imide groups is 1. The minimum atomic E-state index is -0.368. The van der Waals surface area contributed by atoms with E-state index in [1.807, 2.05) is 32.0 Å². The molecule has 1 saturated heterocycles. The first-order valence-corrected chi connectivity index (χ1v) is 12.2. The van der Waals surface area contributed by atoms with E-state index in [0.29, 0.717) is 11.3 Å². The van der Waals surface area contributed by atoms with Gasteiger partial charge in [-0.3, -0.25) is 4.79 Å². The quantitative estimate of drug-likeness (QED) is 0.549. The average Bonchev–Trinajstić information content (AvgIpc) is 2.97. The first-order chi connectivity index (χ1) is 15.5. The molecule has 1 aliphatic carbocycles. The highest BCUT2D eigenvalue weighted by molar-refractivity contribution is 8.04. The Hall–Kier alpha value is -2.60. The molecule has 0 saturated carbocycles. The van der Waals surface area contributed by atoms with E-state index in [2.05, 4.69) is 0 Å². The molecule has 3 amide bonds. The zero-order valence-electron chi connectivity index (χ0n) is 18.4. The molecule has 5 rings (SSSR count). The van der Waals surface area contributed by atoms with Gasteiger partial charge in [0.05, 0.1) is 23.5 Å². The number of rotatable bonds is 3. The Kier molecular flexibility index (Phi) is 5.58. The van der Waals surface area contributed by atoms with Crippen LogP contribution >= 0.6 is 11.8 Å². The molecule has 4 nitrogen and oxygen atoms in total. The number of carbonyl (C=O) groups is 2. The lowest BCUT2D eigenvalue weighted by Gasteiger charge is -2.42. The minimum absolute atomic E-state index is 0.146. The summed E-state index contributed by atoms with van der Waals surface area (Å²) < 4.78 is 14.5. The molecule has 0 aromatic heterocycles. The molecular formula is C26H27FN2O2S. The van der Waals surface area contributed by atoms with Gasteiger partial charge in [-0.25, -0.2) is 14.1 Å². The second kappa shape index (κ2) is 8.39. The lowest BCUT2D eigenvalue weighted by Crippen LogP contribution is -2.60. The topological polar surface area (TPSA) is 40.6 Å². The monoisotopic (exact) mass is 450 g/mol. The van der Waals surface area contributed by atoms with Crippen LogP contribution in [0.3, 0.4) is 0 Å². The number of hydrogen-bond donors (Lipinski definition) is 0. The Bertz CT molecular complexity index is 1130. The highest BCUT2D eigenvalue weighted by atomic mass is 32.2. The third-order valence-electron chi connectivity index (χ3n) is 6.91. The van der Waals surface area contributed by atoms with Crippen LogP contribution in [0.2, 0.25) is 0 Å². The third kappa shape index (κ3) is 3.54. The SMILES string of the molecule is Cc1ccc(N2C(=O)C3C4=C(CCCCC4)SC3N(Cc3ccccc3F)C2=O)cc1C. The summed E-state index contributed by atoms with van der Waals surface area (Å²) in [4.78, 5) is 31.8. The summed E-state index contributed by atoms with van der Waals surface area (Å²) in [7, 11) is 0. The molecule has 2 aromatic rings. The number of aryl methyl sites for hydroxylation is 2. The van der Waals surface area contributed by atoms with Crippen LogP contribution in [-0.2, 0) is 11.3 Å². The molecule has 2 aromatic carbocycles. The fourth-order valence-electron chi connectivity index (χ4n) is 4.98. The summed E-state index contributed by atoms with van der Waals surface area (Å²) in [5.41, 5.74) is 4.39. The Labute approximate surface area is 192 Å². The standard InChI is InChI=1S/C26H27FN2O2S/c1-16-12-13-19(14-17(16)2)29-24(30)23-20-9-4-3-5-11-22(20)32-25(23)28(26(29)31)15-18-8-6-7-10-21(18)27/h6-8,10,12-14,23,25H,3-5,9,11,15H2,1-2H3. The van der Waals surface area contributed by atoms with E-state index in [9.17, 15) is 14.0 Å². The zero-order valence-corrected chi connectivity index (χ0v) is 19.3. The van der Waals surface area contributed by atoms with E-state index in [1.165, 1.54) is 21.4 Å². The molecule has 2 unspecified atom stereocenters. The van der Waals surface area contributed by atoms with Gasteiger partial charge in [0.2, 0.25) is 5.91 Å². The highest BCUT2D eigenvalue weighted by Crippen LogP contribution is 2.52. The lowest BCUT2D eigenvalue weighted by atomic mass is 9.90. The molecule has 32 heavy (non-hydrogen) atoms. The van der Waals surface area contributed by atoms with Gasteiger partial charge in [-0.2, -0.15) is 0 Å². The molecule has 1 fully saturated rings. The number of urea groups is 1. The van der Waals surface area contributed by atoms with Crippen molar-refractivity contribution in [1.82, 2.24) is 4.90 Å². The number of hydrogen-bond acceptors (Lipinski definition) is 3. The van der Waals surface area contributed by atoms with E-state index in [1.54, 1.807) is 34.9 Å². The van der Waals surface area contributed by atoms with Crippen molar-refractivity contribution < 1.29 is 14.0 Å². The lowest BCUT2D eigenvalue weighted by molar-refractivity contribution is -0.122. The Morgan fingerprint density at radius 3 is 2.56 bits per heavy atom. The van der Waals surface area contributed by atoms with Crippen molar-refractivity contribution >= 4 is 29.4 Å². The van der Waals surface area contributed by atoms with Gasteiger partial charge in [0, 0.05) is 5.56 Å². The summed E-state index contributed by atoms with van der Waals surface area (Å²) in [5, 5.41) is -0.305. The van der Waals surface area contributed by atoms with Crippen molar-refractivity contribution in [3.05, 3.63) is 75.5 Å². The fraction of sp³-hybridized carbons (Fsp3) is 0.385. The summed E-state index contributed by atoms with van der Waals surface area (Å²) in [5.74, 6) is -0.837. The highest BCUT2D eigenvalue weighted by Gasteiger charge is 2.52. The van der Waals surface area contributed by atoms with Crippen LogP contribution in [0.5, 0.6) is 0 Å². The van der Waals surface area contributed by atoms with Crippen LogP contribution in [0.1, 0.15) is 48.8 Å². The Morgan fingerprint density at radius 2 is 1.78 bits per heavy atom. The van der Waals surface area contributed by atoms with Gasteiger partial charge in [0.15, 0.2) is 0 Å². The fourth-order valence-corrected chi connectivity index (χ4v) is 6.63. The van der Waals surface area contributed by atoms with Crippen LogP contribution < -0.4 is 4.90 Å². The van der Waals surface area contributed by atoms with Crippen LogP contribution in [0.4, 0.5) is 14.9 Å². The molecule has 0 N–H and O–H groups in total. The van der Waals surface area contributed by atoms with Gasteiger partial charge < -0.3 is 4.90 Å². The molecule has 2 atom stereocenters.